The van der Waals surface area contributed by atoms with Gasteiger partial charge in [-0.25, -0.2) is 12.8 Å². The zero-order valence-electron chi connectivity index (χ0n) is 11.8. The van der Waals surface area contributed by atoms with Crippen molar-refractivity contribution < 1.29 is 12.8 Å². The number of sulfonamides is 1. The number of nitrogens with one attached hydrogen (secondary N) is 1. The van der Waals surface area contributed by atoms with E-state index in [0.29, 0.717) is 19.1 Å². The van der Waals surface area contributed by atoms with E-state index in [-0.39, 0.29) is 10.8 Å². The van der Waals surface area contributed by atoms with Crippen LogP contribution in [0, 0.1) is 11.7 Å². The van der Waals surface area contributed by atoms with Crippen molar-refractivity contribution in [2.75, 3.05) is 20.1 Å². The summed E-state index contributed by atoms with van der Waals surface area (Å²) in [6.07, 6.45) is 1.65. The van der Waals surface area contributed by atoms with Crippen LogP contribution in [0.2, 0.25) is 0 Å². The molecule has 4 nitrogen and oxygen atoms in total. The van der Waals surface area contributed by atoms with Crippen LogP contribution in [0.25, 0.3) is 0 Å². The average Bonchev–Trinajstić information content (AvgIpc) is 2.46. The Morgan fingerprint density at radius 2 is 2.10 bits per heavy atom. The van der Waals surface area contributed by atoms with E-state index in [1.54, 1.807) is 6.07 Å². The molecule has 0 spiro atoms. The number of piperidine rings is 1. The molecule has 2 unspecified atom stereocenters. The van der Waals surface area contributed by atoms with Crippen LogP contribution >= 0.6 is 0 Å². The maximum absolute atomic E-state index is 13.7. The smallest absolute Gasteiger partial charge is 0.245 e. The van der Waals surface area contributed by atoms with Gasteiger partial charge in [-0.05, 0) is 31.5 Å². The van der Waals surface area contributed by atoms with Gasteiger partial charge >= 0.3 is 0 Å². The van der Waals surface area contributed by atoms with Crippen LogP contribution in [0.1, 0.15) is 19.8 Å². The van der Waals surface area contributed by atoms with E-state index in [0.717, 1.165) is 12.8 Å². The predicted molar refractivity (Wildman–Crippen MR) is 76.4 cm³/mol. The van der Waals surface area contributed by atoms with Gasteiger partial charge < -0.3 is 5.32 Å². The number of hydrogen-bond donors (Lipinski definition) is 1. The van der Waals surface area contributed by atoms with Crippen molar-refractivity contribution >= 4 is 10.0 Å². The monoisotopic (exact) mass is 300 g/mol. The quantitative estimate of drug-likeness (QED) is 0.923. The minimum atomic E-state index is -3.74. The van der Waals surface area contributed by atoms with Gasteiger partial charge in [-0.3, -0.25) is 0 Å². The number of rotatable bonds is 4. The SMILES string of the molecule is CCC1CN(S(=O)(=O)c2ccccc2F)CCC1NC. The third-order valence-electron chi connectivity index (χ3n) is 4.05. The van der Waals surface area contributed by atoms with E-state index in [2.05, 4.69) is 5.32 Å². The third kappa shape index (κ3) is 2.87. The molecule has 1 aromatic carbocycles. The van der Waals surface area contributed by atoms with Crippen molar-refractivity contribution in [3.63, 3.8) is 0 Å². The molecule has 2 rings (SSSR count). The van der Waals surface area contributed by atoms with E-state index >= 15 is 0 Å². The molecular formula is C14H21FN2O2S. The van der Waals surface area contributed by atoms with Crippen LogP contribution in [-0.4, -0.2) is 38.9 Å². The van der Waals surface area contributed by atoms with Crippen LogP contribution in [0.4, 0.5) is 4.39 Å². The molecule has 0 bridgehead atoms. The molecule has 0 radical (unpaired) electrons. The minimum Gasteiger partial charge on any atom is -0.317 e. The fourth-order valence-corrected chi connectivity index (χ4v) is 4.38. The van der Waals surface area contributed by atoms with Crippen molar-refractivity contribution in [3.05, 3.63) is 30.1 Å². The molecule has 0 saturated carbocycles. The van der Waals surface area contributed by atoms with Crippen LogP contribution in [0.3, 0.4) is 0 Å². The molecule has 1 fully saturated rings. The average molecular weight is 300 g/mol. The maximum atomic E-state index is 13.7. The first-order chi connectivity index (χ1) is 9.50. The molecule has 1 aliphatic heterocycles. The Morgan fingerprint density at radius 1 is 1.40 bits per heavy atom. The van der Waals surface area contributed by atoms with Crippen molar-refractivity contribution in [2.45, 2.75) is 30.7 Å². The van der Waals surface area contributed by atoms with Crippen LogP contribution in [0.5, 0.6) is 0 Å². The van der Waals surface area contributed by atoms with E-state index < -0.39 is 15.8 Å². The van der Waals surface area contributed by atoms with E-state index in [4.69, 9.17) is 0 Å². The summed E-state index contributed by atoms with van der Waals surface area (Å²) >= 11 is 0. The van der Waals surface area contributed by atoms with Gasteiger partial charge in [-0.2, -0.15) is 4.31 Å². The molecule has 1 N–H and O–H groups in total. The van der Waals surface area contributed by atoms with E-state index in [1.165, 1.54) is 22.5 Å². The van der Waals surface area contributed by atoms with Crippen molar-refractivity contribution in [1.82, 2.24) is 9.62 Å². The molecule has 1 aliphatic rings. The molecule has 0 aromatic heterocycles. The van der Waals surface area contributed by atoms with E-state index in [1.807, 2.05) is 14.0 Å². The highest BCUT2D eigenvalue weighted by Crippen LogP contribution is 2.26. The molecule has 1 aromatic rings. The summed E-state index contributed by atoms with van der Waals surface area (Å²) in [6, 6.07) is 5.89. The van der Waals surface area contributed by atoms with E-state index in [9.17, 15) is 12.8 Å². The summed E-state index contributed by atoms with van der Waals surface area (Å²) in [7, 11) is -1.84. The minimum absolute atomic E-state index is 0.224. The highest BCUT2D eigenvalue weighted by Gasteiger charge is 2.35. The summed E-state index contributed by atoms with van der Waals surface area (Å²) in [6.45, 7) is 2.92. The predicted octanol–water partition coefficient (Wildman–Crippen LogP) is 1.83. The number of hydrogen-bond acceptors (Lipinski definition) is 3. The fraction of sp³-hybridized carbons (Fsp3) is 0.571. The summed E-state index contributed by atoms with van der Waals surface area (Å²) in [4.78, 5) is -0.224. The molecule has 2 atom stereocenters. The van der Waals surface area contributed by atoms with Crippen LogP contribution < -0.4 is 5.32 Å². The third-order valence-corrected chi connectivity index (χ3v) is 5.94. The molecule has 0 amide bonds. The van der Waals surface area contributed by atoms with Gasteiger partial charge in [0.25, 0.3) is 0 Å². The summed E-state index contributed by atoms with van der Waals surface area (Å²) in [5, 5.41) is 3.23. The second kappa shape index (κ2) is 6.20. The molecule has 1 saturated heterocycles. The van der Waals surface area contributed by atoms with Crippen molar-refractivity contribution in [3.8, 4) is 0 Å². The molecular weight excluding hydrogens is 279 g/mol. The summed E-state index contributed by atoms with van der Waals surface area (Å²) in [5.41, 5.74) is 0. The second-order valence-corrected chi connectivity index (χ2v) is 7.05. The van der Waals surface area contributed by atoms with Gasteiger partial charge in [0.1, 0.15) is 10.7 Å². The lowest BCUT2D eigenvalue weighted by atomic mass is 9.91. The normalized spacial score (nSPS) is 24.8. The lowest BCUT2D eigenvalue weighted by molar-refractivity contribution is 0.209. The first kappa shape index (κ1) is 15.4. The Hall–Kier alpha value is -0.980. The molecule has 112 valence electrons. The summed E-state index contributed by atoms with van der Waals surface area (Å²) < 4.78 is 40.2. The second-order valence-electron chi connectivity index (χ2n) is 5.15. The van der Waals surface area contributed by atoms with Gasteiger partial charge in [0.05, 0.1) is 0 Å². The van der Waals surface area contributed by atoms with Crippen LogP contribution in [0.15, 0.2) is 29.2 Å². The van der Waals surface area contributed by atoms with Gasteiger partial charge in [-0.1, -0.05) is 25.5 Å². The highest BCUT2D eigenvalue weighted by atomic mass is 32.2. The first-order valence-corrected chi connectivity index (χ1v) is 8.36. The number of benzene rings is 1. The Kier molecular flexibility index (Phi) is 4.78. The molecule has 6 heteroatoms. The van der Waals surface area contributed by atoms with Crippen LogP contribution in [-0.2, 0) is 10.0 Å². The molecule has 0 aliphatic carbocycles. The van der Waals surface area contributed by atoms with Gasteiger partial charge in [0, 0.05) is 19.1 Å². The molecule has 20 heavy (non-hydrogen) atoms. The largest absolute Gasteiger partial charge is 0.317 e. The fourth-order valence-electron chi connectivity index (χ4n) is 2.80. The first-order valence-electron chi connectivity index (χ1n) is 6.92. The summed E-state index contributed by atoms with van der Waals surface area (Å²) in [5.74, 6) is -0.424. The van der Waals surface area contributed by atoms with Gasteiger partial charge in [0.2, 0.25) is 10.0 Å². The Morgan fingerprint density at radius 3 is 2.70 bits per heavy atom. The maximum Gasteiger partial charge on any atom is 0.245 e. The lowest BCUT2D eigenvalue weighted by Gasteiger charge is -2.37. The lowest BCUT2D eigenvalue weighted by Crippen LogP contribution is -2.50. The number of halogens is 1. The zero-order chi connectivity index (χ0) is 14.8. The standard InChI is InChI=1S/C14H21FN2O2S/c1-3-11-10-17(9-8-13(11)16-2)20(18,19)14-7-5-4-6-12(14)15/h4-7,11,13,16H,3,8-10H2,1-2H3. The van der Waals surface area contributed by atoms with Crippen molar-refractivity contribution in [1.29, 1.82) is 0 Å². The topological polar surface area (TPSA) is 49.4 Å². The van der Waals surface area contributed by atoms with Gasteiger partial charge in [0.15, 0.2) is 0 Å². The van der Waals surface area contributed by atoms with Crippen molar-refractivity contribution in [2.24, 2.45) is 5.92 Å². The van der Waals surface area contributed by atoms with Gasteiger partial charge in [-0.15, -0.1) is 0 Å². The Balaban J connectivity index is 2.26. The Bertz CT molecular complexity index is 562. The Labute approximate surface area is 120 Å². The highest BCUT2D eigenvalue weighted by molar-refractivity contribution is 7.89. The molecule has 1 heterocycles. The number of nitrogens with zero attached hydrogens (tertiary/aromatic N) is 1. The zero-order valence-corrected chi connectivity index (χ0v) is 12.7.